The van der Waals surface area contributed by atoms with Crippen LogP contribution in [-0.2, 0) is 0 Å². The van der Waals surface area contributed by atoms with E-state index >= 15 is 0 Å². The summed E-state index contributed by atoms with van der Waals surface area (Å²) in [5.74, 6) is 1.17. The van der Waals surface area contributed by atoms with Crippen LogP contribution in [-0.4, -0.2) is 19.0 Å². The van der Waals surface area contributed by atoms with Gasteiger partial charge < -0.3 is 9.47 Å². The molecule has 1 aromatic heterocycles. The molecule has 116 valence electrons. The van der Waals surface area contributed by atoms with Crippen molar-refractivity contribution in [3.63, 3.8) is 0 Å². The van der Waals surface area contributed by atoms with E-state index in [1.807, 2.05) is 45.0 Å². The van der Waals surface area contributed by atoms with Gasteiger partial charge in [0.1, 0.15) is 11.5 Å². The number of ether oxygens (including phenoxy) is 2. The maximum atomic E-state index is 12.5. The number of benzene rings is 1. The first kappa shape index (κ1) is 16.3. The molecule has 3 nitrogen and oxygen atoms in total. The maximum absolute atomic E-state index is 12.5. The van der Waals surface area contributed by atoms with Gasteiger partial charge in [-0.2, -0.15) is 0 Å². The van der Waals surface area contributed by atoms with Crippen molar-refractivity contribution in [1.29, 1.82) is 0 Å². The van der Waals surface area contributed by atoms with E-state index in [9.17, 15) is 4.79 Å². The van der Waals surface area contributed by atoms with Crippen molar-refractivity contribution in [1.82, 2.24) is 0 Å². The molecule has 0 N–H and O–H groups in total. The van der Waals surface area contributed by atoms with Gasteiger partial charge in [-0.05, 0) is 63.3 Å². The zero-order chi connectivity index (χ0) is 15.9. The molecule has 0 atom stereocenters. The number of hydrogen-bond donors (Lipinski definition) is 0. The van der Waals surface area contributed by atoms with E-state index in [1.54, 1.807) is 29.5 Å². The summed E-state index contributed by atoms with van der Waals surface area (Å²) in [5, 5.41) is 0. The third kappa shape index (κ3) is 4.21. The number of ketones is 1. The second kappa shape index (κ2) is 7.80. The highest BCUT2D eigenvalue weighted by Gasteiger charge is 2.12. The molecule has 0 aliphatic carbocycles. The largest absolute Gasteiger partial charge is 0.494 e. The Bertz CT molecular complexity index is 671. The number of allylic oxidation sites excluding steroid dienone is 1. The third-order valence-corrected chi connectivity index (χ3v) is 3.95. The highest BCUT2D eigenvalue weighted by Crippen LogP contribution is 2.26. The summed E-state index contributed by atoms with van der Waals surface area (Å²) < 4.78 is 11.0. The second-order valence-corrected chi connectivity index (χ2v) is 5.99. The summed E-state index contributed by atoms with van der Waals surface area (Å²) in [6, 6.07) is 9.38. The first-order valence-corrected chi connectivity index (χ1v) is 8.14. The van der Waals surface area contributed by atoms with Crippen molar-refractivity contribution >= 4 is 23.2 Å². The Hall–Kier alpha value is -2.07. The van der Waals surface area contributed by atoms with Gasteiger partial charge in [-0.15, -0.1) is 11.3 Å². The van der Waals surface area contributed by atoms with Crippen LogP contribution in [0, 0.1) is 6.92 Å². The average Bonchev–Trinajstić information content (AvgIpc) is 2.92. The number of rotatable bonds is 7. The molecule has 0 saturated carbocycles. The molecule has 0 bridgehead atoms. The van der Waals surface area contributed by atoms with E-state index in [2.05, 4.69) is 0 Å². The van der Waals surface area contributed by atoms with Gasteiger partial charge in [-0.1, -0.05) is 0 Å². The van der Waals surface area contributed by atoms with Gasteiger partial charge in [0.05, 0.1) is 18.8 Å². The Morgan fingerprint density at radius 3 is 2.55 bits per heavy atom. The van der Waals surface area contributed by atoms with Crippen molar-refractivity contribution in [2.75, 3.05) is 13.2 Å². The molecule has 0 aliphatic heterocycles. The van der Waals surface area contributed by atoms with E-state index in [0.29, 0.717) is 30.3 Å². The molecule has 0 fully saturated rings. The monoisotopic (exact) mass is 316 g/mol. The lowest BCUT2D eigenvalue weighted by atomic mass is 10.1. The summed E-state index contributed by atoms with van der Waals surface area (Å²) in [5.41, 5.74) is 0.525. The van der Waals surface area contributed by atoms with Crippen molar-refractivity contribution in [2.45, 2.75) is 20.8 Å². The van der Waals surface area contributed by atoms with Crippen LogP contribution < -0.4 is 9.47 Å². The van der Waals surface area contributed by atoms with Crippen molar-refractivity contribution in [3.05, 3.63) is 51.7 Å². The second-order valence-electron chi connectivity index (χ2n) is 4.67. The molecule has 1 aromatic carbocycles. The number of carbonyl (C=O) groups is 1. The summed E-state index contributed by atoms with van der Waals surface area (Å²) in [4.78, 5) is 14.7. The third-order valence-electron chi connectivity index (χ3n) is 2.99. The predicted molar refractivity (Wildman–Crippen MR) is 91.2 cm³/mol. The van der Waals surface area contributed by atoms with Gasteiger partial charge in [0, 0.05) is 9.75 Å². The molecule has 0 amide bonds. The zero-order valence-electron chi connectivity index (χ0n) is 13.1. The van der Waals surface area contributed by atoms with Crippen molar-refractivity contribution < 1.29 is 14.3 Å². The maximum Gasteiger partial charge on any atom is 0.189 e. The summed E-state index contributed by atoms with van der Waals surface area (Å²) in [7, 11) is 0. The topological polar surface area (TPSA) is 35.5 Å². The van der Waals surface area contributed by atoms with Gasteiger partial charge in [-0.3, -0.25) is 4.79 Å². The van der Waals surface area contributed by atoms with Crippen molar-refractivity contribution in [3.8, 4) is 11.5 Å². The highest BCUT2D eigenvalue weighted by atomic mass is 32.1. The van der Waals surface area contributed by atoms with Crippen LogP contribution in [0.3, 0.4) is 0 Å². The number of carbonyl (C=O) groups excluding carboxylic acids is 1. The van der Waals surface area contributed by atoms with Gasteiger partial charge in [0.2, 0.25) is 0 Å². The molecule has 0 radical (unpaired) electrons. The standard InChI is InChI=1S/C18H20O3S/c1-4-20-14-7-11-18(21-5-2)16(12-14)17(19)10-9-15-8-6-13(3)22-15/h6-12H,4-5H2,1-3H3/b10-9+. The van der Waals surface area contributed by atoms with Crippen LogP contribution in [0.2, 0.25) is 0 Å². The summed E-state index contributed by atoms with van der Waals surface area (Å²) >= 11 is 1.66. The fourth-order valence-corrected chi connectivity index (χ4v) is 2.81. The first-order valence-electron chi connectivity index (χ1n) is 7.32. The Labute approximate surface area is 135 Å². The van der Waals surface area contributed by atoms with E-state index in [-0.39, 0.29) is 5.78 Å². The molecule has 4 heteroatoms. The molecule has 2 aromatic rings. The zero-order valence-corrected chi connectivity index (χ0v) is 13.9. The summed E-state index contributed by atoms with van der Waals surface area (Å²) in [6.45, 7) is 6.93. The van der Waals surface area contributed by atoms with Gasteiger partial charge in [0.25, 0.3) is 0 Å². The van der Waals surface area contributed by atoms with Gasteiger partial charge in [-0.25, -0.2) is 0 Å². The van der Waals surface area contributed by atoms with E-state index < -0.39 is 0 Å². The Balaban J connectivity index is 2.25. The van der Waals surface area contributed by atoms with Crippen LogP contribution in [0.5, 0.6) is 11.5 Å². The molecule has 0 aliphatic rings. The molecular weight excluding hydrogens is 296 g/mol. The predicted octanol–water partition coefficient (Wildman–Crippen LogP) is 4.75. The Morgan fingerprint density at radius 1 is 1.14 bits per heavy atom. The smallest absolute Gasteiger partial charge is 0.189 e. The Morgan fingerprint density at radius 2 is 1.91 bits per heavy atom. The van der Waals surface area contributed by atoms with Crippen LogP contribution >= 0.6 is 11.3 Å². The molecule has 0 unspecified atom stereocenters. The van der Waals surface area contributed by atoms with E-state index in [0.717, 1.165) is 4.88 Å². The lowest BCUT2D eigenvalue weighted by molar-refractivity contribution is 0.104. The first-order chi connectivity index (χ1) is 10.6. The quantitative estimate of drug-likeness (QED) is 0.546. The molecule has 0 saturated heterocycles. The highest BCUT2D eigenvalue weighted by molar-refractivity contribution is 7.12. The minimum Gasteiger partial charge on any atom is -0.494 e. The lowest BCUT2D eigenvalue weighted by Crippen LogP contribution is -2.03. The van der Waals surface area contributed by atoms with Crippen LogP contribution in [0.25, 0.3) is 6.08 Å². The van der Waals surface area contributed by atoms with E-state index in [1.165, 1.54) is 4.88 Å². The molecular formula is C18H20O3S. The van der Waals surface area contributed by atoms with Crippen LogP contribution in [0.4, 0.5) is 0 Å². The minimum absolute atomic E-state index is 0.0870. The van der Waals surface area contributed by atoms with Crippen LogP contribution in [0.1, 0.15) is 34.0 Å². The van der Waals surface area contributed by atoms with Gasteiger partial charge >= 0.3 is 0 Å². The van der Waals surface area contributed by atoms with Gasteiger partial charge in [0.15, 0.2) is 5.78 Å². The minimum atomic E-state index is -0.0870. The van der Waals surface area contributed by atoms with E-state index in [4.69, 9.17) is 9.47 Å². The van der Waals surface area contributed by atoms with Crippen molar-refractivity contribution in [2.24, 2.45) is 0 Å². The number of thiophene rings is 1. The summed E-state index contributed by atoms with van der Waals surface area (Å²) in [6.07, 6.45) is 3.42. The fraction of sp³-hybridized carbons (Fsp3) is 0.278. The average molecular weight is 316 g/mol. The van der Waals surface area contributed by atoms with Crippen LogP contribution in [0.15, 0.2) is 36.4 Å². The molecule has 2 rings (SSSR count). The Kier molecular flexibility index (Phi) is 5.78. The SMILES string of the molecule is CCOc1ccc(OCC)c(C(=O)/C=C/c2ccc(C)s2)c1. The molecule has 1 heterocycles. The lowest BCUT2D eigenvalue weighted by Gasteiger charge is -2.10. The molecule has 22 heavy (non-hydrogen) atoms. The fourth-order valence-electron chi connectivity index (χ4n) is 2.03. The number of aryl methyl sites for hydroxylation is 1. The normalized spacial score (nSPS) is 10.9. The molecule has 0 spiro atoms. The number of hydrogen-bond acceptors (Lipinski definition) is 4.